The van der Waals surface area contributed by atoms with Crippen LogP contribution in [-0.4, -0.2) is 64.6 Å². The van der Waals surface area contributed by atoms with Crippen LogP contribution >= 0.6 is 0 Å². The molecule has 2 N–H and O–H groups in total. The van der Waals surface area contributed by atoms with Gasteiger partial charge in [0.2, 0.25) is 0 Å². The molecule has 0 spiro atoms. The van der Waals surface area contributed by atoms with E-state index in [1.807, 2.05) is 20.8 Å². The molecule has 0 amide bonds. The van der Waals surface area contributed by atoms with Gasteiger partial charge in [-0.25, -0.2) is 4.79 Å². The Kier molecular flexibility index (Phi) is 6.17. The number of ketones is 1. The highest BCUT2D eigenvalue weighted by Crippen LogP contribution is 2.62. The second-order valence-corrected chi connectivity index (χ2v) is 12.0. The first-order chi connectivity index (χ1) is 17.3. The van der Waals surface area contributed by atoms with Gasteiger partial charge in [-0.2, -0.15) is 0 Å². The largest absolute Gasteiger partial charge is 0.459 e. The highest BCUT2D eigenvalue weighted by Gasteiger charge is 2.71. The van der Waals surface area contributed by atoms with Crippen molar-refractivity contribution in [2.75, 3.05) is 6.61 Å². The molecule has 1 aromatic carbocycles. The van der Waals surface area contributed by atoms with Crippen LogP contribution in [0.25, 0.3) is 0 Å². The average molecular weight is 513 g/mol. The molecule has 0 aromatic heterocycles. The number of benzene rings is 1. The van der Waals surface area contributed by atoms with Crippen LogP contribution in [0, 0.1) is 22.7 Å². The minimum absolute atomic E-state index is 0.0308. The van der Waals surface area contributed by atoms with Gasteiger partial charge in [-0.05, 0) is 48.5 Å². The third kappa shape index (κ3) is 3.79. The molecule has 1 aliphatic heterocycles. The Labute approximate surface area is 217 Å². The molecule has 1 heterocycles. The molecule has 3 fully saturated rings. The van der Waals surface area contributed by atoms with E-state index in [1.165, 1.54) is 6.92 Å². The number of Topliss-reactive ketones (excluding diaryl/α,β-unsaturated/α-hetero) is 1. The van der Waals surface area contributed by atoms with Crippen LogP contribution < -0.4 is 0 Å². The summed E-state index contributed by atoms with van der Waals surface area (Å²) in [5, 5.41) is 23.9. The maximum atomic E-state index is 13.5. The van der Waals surface area contributed by atoms with E-state index in [-0.39, 0.29) is 18.8 Å². The molecule has 2 bridgehead atoms. The molecule has 8 heteroatoms. The topological polar surface area (TPSA) is 119 Å². The van der Waals surface area contributed by atoms with E-state index < -0.39 is 64.6 Å². The zero-order chi connectivity index (χ0) is 26.9. The number of rotatable bonds is 3. The molecular weight excluding hydrogens is 476 g/mol. The standard InChI is InChI=1S/C29H36O8/c1-15-19(31)13-18-23(37-26(33)17-9-7-6-8-10-17)24-28(5,12-11-20-29(24,34)14-35-20)25(36-16(2)30)22(32)21(15)27(18,3)4/h6-10,18,20,22-25,32,34H,11-14H2,1-5H3/t18-,20+,22+,23+,24-,25-,28+,29-/m0/s1. The van der Waals surface area contributed by atoms with Gasteiger partial charge in [-0.15, -0.1) is 0 Å². The molecule has 0 radical (unpaired) electrons. The van der Waals surface area contributed by atoms with E-state index in [0.717, 1.165) is 0 Å². The summed E-state index contributed by atoms with van der Waals surface area (Å²) in [6.07, 6.45) is -2.63. The summed E-state index contributed by atoms with van der Waals surface area (Å²) in [4.78, 5) is 39.1. The van der Waals surface area contributed by atoms with Gasteiger partial charge in [-0.1, -0.05) is 39.0 Å². The van der Waals surface area contributed by atoms with Gasteiger partial charge in [0.1, 0.15) is 23.9 Å². The minimum Gasteiger partial charge on any atom is -0.459 e. The summed E-state index contributed by atoms with van der Waals surface area (Å²) in [5.41, 5.74) is -1.84. The highest BCUT2D eigenvalue weighted by atomic mass is 16.6. The molecule has 1 aromatic rings. The Hall–Kier alpha value is -2.55. The summed E-state index contributed by atoms with van der Waals surface area (Å²) in [7, 11) is 0. The number of hydrogen-bond donors (Lipinski definition) is 2. The van der Waals surface area contributed by atoms with Gasteiger partial charge >= 0.3 is 11.9 Å². The molecule has 5 rings (SSSR count). The summed E-state index contributed by atoms with van der Waals surface area (Å²) >= 11 is 0. The molecule has 8 nitrogen and oxygen atoms in total. The number of ether oxygens (including phenoxy) is 3. The Balaban J connectivity index is 1.74. The number of esters is 2. The summed E-state index contributed by atoms with van der Waals surface area (Å²) in [6, 6.07) is 8.61. The SMILES string of the molecule is CC(=O)O[C@H]1[C@H](O)C2=C(C)C(=O)C[C@@H]([C@@H](OC(=O)c3ccccc3)[C@H]3[C@@]1(C)CC[C@H]1OC[C@]13O)C2(C)C. The number of aliphatic hydroxyl groups is 2. The number of aliphatic hydroxyl groups excluding tert-OH is 1. The van der Waals surface area contributed by atoms with Gasteiger partial charge in [0.05, 0.1) is 18.3 Å². The van der Waals surface area contributed by atoms with Crippen LogP contribution in [0.2, 0.25) is 0 Å². The van der Waals surface area contributed by atoms with Crippen molar-refractivity contribution in [2.45, 2.75) is 83.9 Å². The van der Waals surface area contributed by atoms with Crippen LogP contribution in [-0.2, 0) is 23.8 Å². The van der Waals surface area contributed by atoms with Gasteiger partial charge in [-0.3, -0.25) is 9.59 Å². The fourth-order valence-corrected chi connectivity index (χ4v) is 7.75. The first-order valence-electron chi connectivity index (χ1n) is 13.0. The smallest absolute Gasteiger partial charge is 0.338 e. The minimum atomic E-state index is -1.38. The van der Waals surface area contributed by atoms with E-state index in [9.17, 15) is 24.6 Å². The summed E-state index contributed by atoms with van der Waals surface area (Å²) < 4.78 is 17.9. The average Bonchev–Trinajstić information content (AvgIpc) is 2.82. The Morgan fingerprint density at radius 2 is 1.78 bits per heavy atom. The van der Waals surface area contributed by atoms with Crippen molar-refractivity contribution >= 4 is 17.7 Å². The molecule has 3 aliphatic carbocycles. The molecule has 1 saturated heterocycles. The zero-order valence-corrected chi connectivity index (χ0v) is 22.0. The number of carbonyl (C=O) groups excluding carboxylic acids is 3. The lowest BCUT2D eigenvalue weighted by molar-refractivity contribution is -0.333. The lowest BCUT2D eigenvalue weighted by Crippen LogP contribution is -2.76. The first kappa shape index (κ1) is 26.1. The van der Waals surface area contributed by atoms with Crippen molar-refractivity contribution in [3.8, 4) is 0 Å². The van der Waals surface area contributed by atoms with E-state index >= 15 is 0 Å². The van der Waals surface area contributed by atoms with Crippen LogP contribution in [0.4, 0.5) is 0 Å². The van der Waals surface area contributed by atoms with Crippen molar-refractivity contribution in [3.63, 3.8) is 0 Å². The fourth-order valence-electron chi connectivity index (χ4n) is 7.75. The van der Waals surface area contributed by atoms with Gasteiger partial charge < -0.3 is 24.4 Å². The molecule has 0 unspecified atom stereocenters. The normalized spacial score (nSPS) is 40.4. The van der Waals surface area contributed by atoms with Gasteiger partial charge in [0, 0.05) is 30.6 Å². The molecule has 2 saturated carbocycles. The van der Waals surface area contributed by atoms with Crippen LogP contribution in [0.5, 0.6) is 0 Å². The number of allylic oxidation sites excluding steroid dienone is 1. The summed E-state index contributed by atoms with van der Waals surface area (Å²) in [6.45, 7) is 8.74. The van der Waals surface area contributed by atoms with E-state index in [0.29, 0.717) is 29.6 Å². The van der Waals surface area contributed by atoms with E-state index in [2.05, 4.69) is 0 Å². The second-order valence-electron chi connectivity index (χ2n) is 12.0. The maximum absolute atomic E-state index is 13.5. The molecular formula is C29H36O8. The maximum Gasteiger partial charge on any atom is 0.338 e. The third-order valence-electron chi connectivity index (χ3n) is 9.62. The predicted molar refractivity (Wildman–Crippen MR) is 132 cm³/mol. The summed E-state index contributed by atoms with van der Waals surface area (Å²) in [5.74, 6) is -2.56. The Morgan fingerprint density at radius 3 is 2.38 bits per heavy atom. The first-order valence-corrected chi connectivity index (χ1v) is 13.0. The van der Waals surface area contributed by atoms with E-state index in [1.54, 1.807) is 37.3 Å². The molecule has 4 aliphatic rings. The second kappa shape index (κ2) is 8.75. The Morgan fingerprint density at radius 1 is 1.11 bits per heavy atom. The van der Waals surface area contributed by atoms with Crippen molar-refractivity contribution < 1.29 is 38.8 Å². The Bertz CT molecular complexity index is 1160. The van der Waals surface area contributed by atoms with Gasteiger partial charge in [0.25, 0.3) is 0 Å². The number of hydrogen-bond acceptors (Lipinski definition) is 8. The predicted octanol–water partition coefficient (Wildman–Crippen LogP) is 3.00. The van der Waals surface area contributed by atoms with Crippen molar-refractivity contribution in [2.24, 2.45) is 22.7 Å². The number of fused-ring (bicyclic) bond motifs is 5. The lowest BCUT2D eigenvalue weighted by Gasteiger charge is -2.65. The van der Waals surface area contributed by atoms with E-state index in [4.69, 9.17) is 14.2 Å². The van der Waals surface area contributed by atoms with Crippen LogP contribution in [0.15, 0.2) is 41.5 Å². The van der Waals surface area contributed by atoms with Gasteiger partial charge in [0.15, 0.2) is 5.78 Å². The highest BCUT2D eigenvalue weighted by molar-refractivity contribution is 5.97. The van der Waals surface area contributed by atoms with Crippen molar-refractivity contribution in [1.82, 2.24) is 0 Å². The lowest BCUT2D eigenvalue weighted by atomic mass is 9.46. The van der Waals surface area contributed by atoms with Crippen molar-refractivity contribution in [1.29, 1.82) is 0 Å². The van der Waals surface area contributed by atoms with Crippen molar-refractivity contribution in [3.05, 3.63) is 47.0 Å². The molecule has 8 atom stereocenters. The zero-order valence-electron chi connectivity index (χ0n) is 22.0. The number of carbonyl (C=O) groups is 3. The van der Waals surface area contributed by atoms with Crippen LogP contribution in [0.3, 0.4) is 0 Å². The fraction of sp³-hybridized carbons (Fsp3) is 0.621. The third-order valence-corrected chi connectivity index (χ3v) is 9.62. The van der Waals surface area contributed by atoms with Crippen LogP contribution in [0.1, 0.15) is 64.2 Å². The quantitative estimate of drug-likeness (QED) is 0.594. The molecule has 37 heavy (non-hydrogen) atoms. The molecule has 200 valence electrons. The monoisotopic (exact) mass is 512 g/mol.